The Kier molecular flexibility index (Phi) is 6.16. The Balaban J connectivity index is 2.77. The van der Waals surface area contributed by atoms with Crippen LogP contribution in [0.25, 0.3) is 0 Å². The fourth-order valence-corrected chi connectivity index (χ4v) is 1.40. The van der Waals surface area contributed by atoms with Crippen LogP contribution in [0.15, 0.2) is 0 Å². The average molecular weight is 256 g/mol. The van der Waals surface area contributed by atoms with Gasteiger partial charge < -0.3 is 25.3 Å². The topological polar surface area (TPSA) is 91.5 Å². The van der Waals surface area contributed by atoms with Gasteiger partial charge in [0, 0.05) is 27.4 Å². The van der Waals surface area contributed by atoms with E-state index in [-0.39, 0.29) is 0 Å². The molecular formula is C11H20N4O3. The van der Waals surface area contributed by atoms with Gasteiger partial charge in [-0.25, -0.2) is 4.98 Å². The van der Waals surface area contributed by atoms with Gasteiger partial charge in [0.15, 0.2) is 11.6 Å². The zero-order valence-electron chi connectivity index (χ0n) is 11.0. The zero-order chi connectivity index (χ0) is 13.4. The van der Waals surface area contributed by atoms with E-state index in [4.69, 9.17) is 19.9 Å². The molecule has 3 N–H and O–H groups in total. The van der Waals surface area contributed by atoms with E-state index in [9.17, 15) is 0 Å². The summed E-state index contributed by atoms with van der Waals surface area (Å²) >= 11 is 0. The first-order valence-electron chi connectivity index (χ1n) is 5.65. The maximum atomic E-state index is 5.89. The number of nitrogens with zero attached hydrogens (tertiary/aromatic N) is 2. The van der Waals surface area contributed by atoms with Crippen LogP contribution in [-0.4, -0.2) is 44.4 Å². The van der Waals surface area contributed by atoms with E-state index in [0.717, 1.165) is 6.42 Å². The molecule has 102 valence electrons. The Morgan fingerprint density at radius 1 is 1.17 bits per heavy atom. The molecule has 1 aromatic heterocycles. The quantitative estimate of drug-likeness (QED) is 0.660. The van der Waals surface area contributed by atoms with Crippen LogP contribution in [0.1, 0.15) is 12.2 Å². The largest absolute Gasteiger partial charge is 0.479 e. The number of ether oxygens (including phenoxy) is 3. The summed E-state index contributed by atoms with van der Waals surface area (Å²) in [6, 6.07) is 0. The van der Waals surface area contributed by atoms with E-state index in [2.05, 4.69) is 15.3 Å². The molecule has 18 heavy (non-hydrogen) atoms. The monoisotopic (exact) mass is 256 g/mol. The normalized spacial score (nSPS) is 10.4. The van der Waals surface area contributed by atoms with Crippen molar-refractivity contribution in [2.45, 2.75) is 13.0 Å². The van der Waals surface area contributed by atoms with Crippen molar-refractivity contribution in [1.29, 1.82) is 0 Å². The Labute approximate surface area is 107 Å². The highest BCUT2D eigenvalue weighted by Gasteiger charge is 2.11. The second-order valence-electron chi connectivity index (χ2n) is 3.62. The van der Waals surface area contributed by atoms with Gasteiger partial charge in [-0.3, -0.25) is 0 Å². The molecule has 0 unspecified atom stereocenters. The Morgan fingerprint density at radius 2 is 1.94 bits per heavy atom. The van der Waals surface area contributed by atoms with Crippen molar-refractivity contribution >= 4 is 11.5 Å². The summed E-state index contributed by atoms with van der Waals surface area (Å²) in [5, 5.41) is 3.13. The van der Waals surface area contributed by atoms with Gasteiger partial charge >= 0.3 is 0 Å². The lowest BCUT2D eigenvalue weighted by atomic mass is 10.4. The van der Waals surface area contributed by atoms with Crippen molar-refractivity contribution in [2.24, 2.45) is 0 Å². The number of rotatable bonds is 8. The van der Waals surface area contributed by atoms with Crippen LogP contribution >= 0.6 is 0 Å². The van der Waals surface area contributed by atoms with Crippen molar-refractivity contribution in [2.75, 3.05) is 45.5 Å². The molecule has 0 fully saturated rings. The van der Waals surface area contributed by atoms with Crippen LogP contribution in [0.4, 0.5) is 11.5 Å². The predicted octanol–water partition coefficient (Wildman–Crippen LogP) is 0.662. The molecule has 0 amide bonds. The number of hydrogen-bond donors (Lipinski definition) is 2. The summed E-state index contributed by atoms with van der Waals surface area (Å²) in [6.45, 7) is 1.70. The summed E-state index contributed by atoms with van der Waals surface area (Å²) in [5.41, 5.74) is 6.29. The van der Waals surface area contributed by atoms with Crippen LogP contribution in [0.2, 0.25) is 0 Å². The van der Waals surface area contributed by atoms with Gasteiger partial charge in [-0.1, -0.05) is 0 Å². The van der Waals surface area contributed by atoms with E-state index in [1.807, 2.05) is 0 Å². The lowest BCUT2D eigenvalue weighted by Crippen LogP contribution is -2.12. The molecule has 0 aromatic carbocycles. The molecule has 0 atom stereocenters. The molecule has 0 saturated carbocycles. The molecule has 0 spiro atoms. The molecule has 7 heteroatoms. The Hall–Kier alpha value is -1.60. The smallest absolute Gasteiger partial charge is 0.242 e. The lowest BCUT2D eigenvalue weighted by Gasteiger charge is -2.12. The van der Waals surface area contributed by atoms with Crippen LogP contribution in [0.5, 0.6) is 5.88 Å². The van der Waals surface area contributed by atoms with Gasteiger partial charge in [0.05, 0.1) is 7.11 Å². The van der Waals surface area contributed by atoms with Crippen LogP contribution < -0.4 is 15.8 Å². The molecule has 0 aliphatic carbocycles. The second kappa shape index (κ2) is 7.67. The molecule has 1 heterocycles. The Bertz CT molecular complexity index is 374. The highest BCUT2D eigenvalue weighted by atomic mass is 16.5. The SMILES string of the molecule is COCCCNc1nc(COC)nc(OC)c1N. The Morgan fingerprint density at radius 3 is 2.56 bits per heavy atom. The van der Waals surface area contributed by atoms with Crippen molar-refractivity contribution in [3.05, 3.63) is 5.82 Å². The fourth-order valence-electron chi connectivity index (χ4n) is 1.40. The average Bonchev–Trinajstić information content (AvgIpc) is 2.38. The third-order valence-corrected chi connectivity index (χ3v) is 2.24. The van der Waals surface area contributed by atoms with Crippen molar-refractivity contribution < 1.29 is 14.2 Å². The predicted molar refractivity (Wildman–Crippen MR) is 68.7 cm³/mol. The molecule has 1 rings (SSSR count). The lowest BCUT2D eigenvalue weighted by molar-refractivity contribution is 0.177. The van der Waals surface area contributed by atoms with Gasteiger partial charge in [-0.15, -0.1) is 0 Å². The third kappa shape index (κ3) is 4.01. The molecule has 1 aromatic rings. The molecule has 0 radical (unpaired) electrons. The molecule has 0 aliphatic rings. The van der Waals surface area contributed by atoms with Crippen molar-refractivity contribution in [3.8, 4) is 5.88 Å². The number of nitrogens with two attached hydrogens (primary N) is 1. The minimum Gasteiger partial charge on any atom is -0.479 e. The van der Waals surface area contributed by atoms with E-state index in [1.165, 1.54) is 7.11 Å². The van der Waals surface area contributed by atoms with Crippen molar-refractivity contribution in [1.82, 2.24) is 9.97 Å². The van der Waals surface area contributed by atoms with Gasteiger partial charge in [0.1, 0.15) is 12.3 Å². The maximum absolute atomic E-state index is 5.89. The number of aromatic nitrogens is 2. The fraction of sp³-hybridized carbons (Fsp3) is 0.636. The first-order chi connectivity index (χ1) is 8.72. The highest BCUT2D eigenvalue weighted by Crippen LogP contribution is 2.25. The standard InChI is InChI=1S/C11H20N4O3/c1-16-6-4-5-13-10-9(12)11(18-3)15-8(14-10)7-17-2/h4-7,12H2,1-3H3,(H,13,14,15). The zero-order valence-corrected chi connectivity index (χ0v) is 11.0. The van der Waals surface area contributed by atoms with E-state index >= 15 is 0 Å². The van der Waals surface area contributed by atoms with Crippen LogP contribution in [0, 0.1) is 0 Å². The van der Waals surface area contributed by atoms with Crippen LogP contribution in [0.3, 0.4) is 0 Å². The molecule has 0 saturated heterocycles. The molecule has 7 nitrogen and oxygen atoms in total. The van der Waals surface area contributed by atoms with Gasteiger partial charge in [0.2, 0.25) is 5.88 Å². The minimum absolute atomic E-state index is 0.309. The summed E-state index contributed by atoms with van der Waals surface area (Å²) in [4.78, 5) is 8.41. The van der Waals surface area contributed by atoms with Gasteiger partial charge in [0.25, 0.3) is 0 Å². The second-order valence-corrected chi connectivity index (χ2v) is 3.62. The molecular weight excluding hydrogens is 236 g/mol. The number of nitrogens with one attached hydrogen (secondary N) is 1. The first kappa shape index (κ1) is 14.5. The van der Waals surface area contributed by atoms with Crippen molar-refractivity contribution in [3.63, 3.8) is 0 Å². The number of nitrogen functional groups attached to an aromatic ring is 1. The number of hydrogen-bond acceptors (Lipinski definition) is 7. The van der Waals surface area contributed by atoms with E-state index in [0.29, 0.717) is 43.0 Å². The minimum atomic E-state index is 0.309. The number of anilines is 2. The third-order valence-electron chi connectivity index (χ3n) is 2.24. The van der Waals surface area contributed by atoms with Gasteiger partial charge in [-0.05, 0) is 6.42 Å². The molecule has 0 aliphatic heterocycles. The summed E-state index contributed by atoms with van der Waals surface area (Å²) in [5.74, 6) is 1.44. The maximum Gasteiger partial charge on any atom is 0.242 e. The summed E-state index contributed by atoms with van der Waals surface area (Å²) in [6.07, 6.45) is 0.863. The van der Waals surface area contributed by atoms with E-state index < -0.39 is 0 Å². The van der Waals surface area contributed by atoms with Gasteiger partial charge in [-0.2, -0.15) is 4.98 Å². The van der Waals surface area contributed by atoms with Crippen LogP contribution in [-0.2, 0) is 16.1 Å². The highest BCUT2D eigenvalue weighted by molar-refractivity contribution is 5.66. The first-order valence-corrected chi connectivity index (χ1v) is 5.65. The van der Waals surface area contributed by atoms with E-state index in [1.54, 1.807) is 14.2 Å². The number of methoxy groups -OCH3 is 3. The summed E-state index contributed by atoms with van der Waals surface area (Å²) < 4.78 is 15.1. The summed E-state index contributed by atoms with van der Waals surface area (Å²) in [7, 11) is 4.76. The molecule has 0 bridgehead atoms.